The molecule has 0 aromatic rings. The molecule has 0 unspecified atom stereocenters. The zero-order chi connectivity index (χ0) is 0. The van der Waals surface area contributed by atoms with Crippen LogP contribution in [0.4, 0.5) is 0 Å². The number of hydrogen-bond donors (Lipinski definition) is 0. The van der Waals surface area contributed by atoms with Gasteiger partial charge < -0.3 is 24.6 Å². The van der Waals surface area contributed by atoms with Gasteiger partial charge in [-0.05, 0) is 0 Å². The molecule has 0 heterocycles. The minimum atomic E-state index is 0. The van der Waals surface area contributed by atoms with Crippen LogP contribution in [0.15, 0.2) is 0 Å². The fraction of sp³-hybridized carbons (Fsp3) is 0. The number of hydrogen-bond acceptors (Lipinski definition) is 0. The average molecular weight is 1060 g/mol. The molecule has 0 spiro atoms. The third-order valence-corrected chi connectivity index (χ3v) is 0. The maximum Gasteiger partial charge on any atom is 4.00 e. The zero-order valence-electron chi connectivity index (χ0n) is 6.46. The van der Waals surface area contributed by atoms with Gasteiger partial charge in [0.1, 0.15) is 0 Å². The molecule has 15 radical (unpaired) electrons. The summed E-state index contributed by atoms with van der Waals surface area (Å²) in [5, 5.41) is 0. The van der Waals surface area contributed by atoms with Crippen molar-refractivity contribution in [2.45, 2.75) is 0 Å². The summed E-state index contributed by atoms with van der Waals surface area (Å²) in [6.45, 7) is 0. The molecule has 0 aromatic heterocycles. The first-order valence-electron chi connectivity index (χ1n) is 0. The van der Waals surface area contributed by atoms with E-state index in [2.05, 4.69) is 0 Å². The van der Waals surface area contributed by atoms with Crippen LogP contribution in [0.3, 0.4) is 0 Å². The Labute approximate surface area is 219 Å². The van der Waals surface area contributed by atoms with Crippen LogP contribution in [0.2, 0.25) is 0 Å². The third-order valence-electron chi connectivity index (χ3n) is 0. The minimum absolute atomic E-state index is 0. The second kappa shape index (κ2) is 249. The fourth-order valence-electron chi connectivity index (χ4n) is 0. The van der Waals surface area contributed by atoms with Crippen molar-refractivity contribution >= 4 is 32.9 Å². The van der Waals surface area contributed by atoms with Gasteiger partial charge in [0.2, 0.25) is 0 Å². The SMILES string of the molecule is [Co].[Co].[Co].[Cr].[Cr].[Cr].[N-3].[N-3].[N-3].[N-3].[Pt+4].[Pt+4].[Pt+4].[Si].[Si].[Si]. The number of rotatable bonds is 0. The minimum Gasteiger partial charge on any atom is -3.00 e. The summed E-state index contributed by atoms with van der Waals surface area (Å²) in [5.41, 5.74) is 0. The van der Waals surface area contributed by atoms with Gasteiger partial charge in [-0.3, -0.25) is 0 Å². The van der Waals surface area contributed by atoms with Crippen molar-refractivity contribution in [3.05, 3.63) is 24.6 Å². The molecule has 0 aromatic carbocycles. The van der Waals surface area contributed by atoms with E-state index in [4.69, 9.17) is 0 Å². The molecule has 0 fully saturated rings. The van der Waals surface area contributed by atoms with Crippen LogP contribution >= 0.6 is 0 Å². The Morgan fingerprint density at radius 1 is 0.312 bits per heavy atom. The normalized spacial score (nSPS) is 0. The van der Waals surface area contributed by atoms with E-state index in [1.54, 1.807) is 0 Å². The molecule has 4 nitrogen and oxygen atoms in total. The third kappa shape index (κ3) is 213. The summed E-state index contributed by atoms with van der Waals surface area (Å²) < 4.78 is 0. The Morgan fingerprint density at radius 3 is 0.312 bits per heavy atom. The zero-order valence-corrected chi connectivity index (χ0v) is 23.2. The molecule has 0 bridgehead atoms. The van der Waals surface area contributed by atoms with Gasteiger partial charge in [-0.15, -0.1) is 0 Å². The van der Waals surface area contributed by atoms with Gasteiger partial charge >= 0.3 is 63.2 Å². The summed E-state index contributed by atoms with van der Waals surface area (Å²) in [7, 11) is 0. The predicted molar refractivity (Wildman–Crippen MR) is 30.7 cm³/mol. The molecule has 0 rings (SSSR count). The second-order valence-electron chi connectivity index (χ2n) is 0. The summed E-state index contributed by atoms with van der Waals surface area (Å²) in [6, 6.07) is 0. The van der Waals surface area contributed by atoms with Crippen LogP contribution < -0.4 is 0 Å². The van der Waals surface area contributed by atoms with Crippen LogP contribution in [0.25, 0.3) is 24.6 Å². The Hall–Kier alpha value is 5.67. The van der Waals surface area contributed by atoms with Crippen LogP contribution in [-0.4, -0.2) is 32.9 Å². The Balaban J connectivity index is 0. The van der Waals surface area contributed by atoms with E-state index in [1.165, 1.54) is 0 Å². The molecular weight excluding hydrogens is 1060 g/mol. The molecule has 107 valence electrons. The summed E-state index contributed by atoms with van der Waals surface area (Å²) in [6.07, 6.45) is 0. The van der Waals surface area contributed by atoms with E-state index in [0.717, 1.165) is 0 Å². The van der Waals surface area contributed by atoms with Crippen molar-refractivity contribution in [1.82, 2.24) is 0 Å². The van der Waals surface area contributed by atoms with Crippen LogP contribution in [-0.2, 0) is 166 Å². The summed E-state index contributed by atoms with van der Waals surface area (Å²) >= 11 is 0. The van der Waals surface area contributed by atoms with Crippen molar-refractivity contribution < 1.29 is 166 Å². The molecule has 0 N–H and O–H groups in total. The largest absolute Gasteiger partial charge is 4.00 e. The van der Waals surface area contributed by atoms with E-state index in [0.29, 0.717) is 0 Å². The quantitative estimate of drug-likeness (QED) is 0.304. The molecule has 0 aliphatic carbocycles. The monoisotopic (exact) mass is 1060 g/mol. The van der Waals surface area contributed by atoms with Crippen LogP contribution in [0.5, 0.6) is 0 Å². The van der Waals surface area contributed by atoms with Gasteiger partial charge in [-0.2, -0.15) is 0 Å². The van der Waals surface area contributed by atoms with E-state index in [9.17, 15) is 0 Å². The average Bonchev–Trinajstić information content (AvgIpc) is 0. The Morgan fingerprint density at radius 2 is 0.312 bits per heavy atom. The molecule has 0 atom stereocenters. The second-order valence-corrected chi connectivity index (χ2v) is 0. The van der Waals surface area contributed by atoms with Gasteiger partial charge in [0.25, 0.3) is 0 Å². The van der Waals surface area contributed by atoms with Crippen molar-refractivity contribution in [2.24, 2.45) is 0 Å². The standard InChI is InChI=1S/3Co.3Cr.4N.3Pt.3Si/q;;;;;;4*-3;3*+4;;;. The topological polar surface area (TPSA) is 122 Å². The smallest absolute Gasteiger partial charge is 3.00 e. The summed E-state index contributed by atoms with van der Waals surface area (Å²) in [5.74, 6) is 0. The van der Waals surface area contributed by atoms with Gasteiger partial charge in [-0.25, -0.2) is 0 Å². The molecule has 0 saturated carbocycles. The maximum atomic E-state index is 0. The van der Waals surface area contributed by atoms with E-state index in [1.807, 2.05) is 0 Å². The fourth-order valence-corrected chi connectivity index (χ4v) is 0. The number of nitrogens with zero attached hydrogens (tertiary/aromatic N) is 4. The predicted octanol–water partition coefficient (Wildman–Crippen LogP) is -0.0101. The summed E-state index contributed by atoms with van der Waals surface area (Å²) in [4.78, 5) is 0. The van der Waals surface area contributed by atoms with Crippen molar-refractivity contribution in [3.63, 3.8) is 0 Å². The van der Waals surface area contributed by atoms with E-state index in [-0.39, 0.29) is 223 Å². The van der Waals surface area contributed by atoms with E-state index < -0.39 is 0 Å². The van der Waals surface area contributed by atoms with Crippen molar-refractivity contribution in [3.8, 4) is 0 Å². The molecule has 0 aliphatic rings. The van der Waals surface area contributed by atoms with Crippen molar-refractivity contribution in [2.75, 3.05) is 0 Å². The first-order valence-corrected chi connectivity index (χ1v) is 0. The molecule has 16 heavy (non-hydrogen) atoms. The van der Waals surface area contributed by atoms with Gasteiger partial charge in [-0.1, -0.05) is 0 Å². The van der Waals surface area contributed by atoms with Gasteiger partial charge in [0.15, 0.2) is 0 Å². The molecule has 0 amide bonds. The van der Waals surface area contributed by atoms with Crippen LogP contribution in [0.1, 0.15) is 0 Å². The maximum absolute atomic E-state index is 0. The van der Waals surface area contributed by atoms with Gasteiger partial charge in [0.05, 0.1) is 0 Å². The van der Waals surface area contributed by atoms with Crippen molar-refractivity contribution in [1.29, 1.82) is 0 Å². The Kier molecular flexibility index (Phi) is 4470. The molecular formula is Co3Cr3N4Pt3Si3. The first-order chi connectivity index (χ1) is 0. The Bertz CT molecular complexity index is 37.0. The first kappa shape index (κ1) is 288. The molecule has 0 saturated heterocycles. The van der Waals surface area contributed by atoms with E-state index >= 15 is 0 Å². The van der Waals surface area contributed by atoms with Gasteiger partial charge in [0, 0.05) is 135 Å². The van der Waals surface area contributed by atoms with Crippen LogP contribution in [0, 0.1) is 0 Å². The molecule has 16 heteroatoms. The molecule has 0 aliphatic heterocycles.